The third kappa shape index (κ3) is 2.52. The highest BCUT2D eigenvalue weighted by atomic mass is 16.5. The molecule has 4 N–H and O–H groups in total. The molecule has 0 aliphatic carbocycles. The fourth-order valence-corrected chi connectivity index (χ4v) is 1.35. The van der Waals surface area contributed by atoms with E-state index in [2.05, 4.69) is 4.74 Å². The molecular formula is C10H14N2O3. The highest BCUT2D eigenvalue weighted by molar-refractivity contribution is 5.76. The number of rotatable bonds is 3. The molecule has 0 radical (unpaired) electrons. The van der Waals surface area contributed by atoms with Crippen LogP contribution < -0.4 is 16.2 Å². The van der Waals surface area contributed by atoms with Crippen LogP contribution in [0, 0.1) is 0 Å². The maximum absolute atomic E-state index is 11.1. The first kappa shape index (κ1) is 11.2. The Morgan fingerprint density at radius 3 is 2.53 bits per heavy atom. The summed E-state index contributed by atoms with van der Waals surface area (Å²) >= 11 is 0. The summed E-state index contributed by atoms with van der Waals surface area (Å²) in [6.45, 7) is 0. The van der Waals surface area contributed by atoms with E-state index < -0.39 is 0 Å². The van der Waals surface area contributed by atoms with Crippen LogP contribution in [0.15, 0.2) is 12.1 Å². The molecule has 1 rings (SSSR count). The summed E-state index contributed by atoms with van der Waals surface area (Å²) in [6.07, 6.45) is 0.0922. The molecule has 0 fully saturated rings. The number of hydrogen-bond donors (Lipinski definition) is 2. The van der Waals surface area contributed by atoms with Gasteiger partial charge in [-0.3, -0.25) is 4.79 Å². The number of nitrogen functional groups attached to an aromatic ring is 2. The summed E-state index contributed by atoms with van der Waals surface area (Å²) in [5.74, 6) is 0.105. The maximum atomic E-state index is 11.1. The third-order valence-electron chi connectivity index (χ3n) is 1.98. The standard InChI is InChI=1S/C10H14N2O3/c1-14-9(13)4-6-3-7(11)5-8(12)10(6)15-2/h3,5H,4,11-12H2,1-2H3. The monoisotopic (exact) mass is 210 g/mol. The summed E-state index contributed by atoms with van der Waals surface area (Å²) < 4.78 is 9.65. The second-order valence-corrected chi connectivity index (χ2v) is 3.06. The quantitative estimate of drug-likeness (QED) is 0.562. The Morgan fingerprint density at radius 1 is 1.33 bits per heavy atom. The molecule has 0 heterocycles. The van der Waals surface area contributed by atoms with Gasteiger partial charge in [0, 0.05) is 11.3 Å². The number of methoxy groups -OCH3 is 2. The van der Waals surface area contributed by atoms with E-state index in [-0.39, 0.29) is 12.4 Å². The SMILES string of the molecule is COC(=O)Cc1cc(N)cc(N)c1OC. The Balaban J connectivity index is 3.09. The summed E-state index contributed by atoms with van der Waals surface area (Å²) in [4.78, 5) is 11.1. The molecule has 0 atom stereocenters. The van der Waals surface area contributed by atoms with Crippen molar-refractivity contribution in [1.29, 1.82) is 0 Å². The molecule has 5 nitrogen and oxygen atoms in total. The second-order valence-electron chi connectivity index (χ2n) is 3.06. The lowest BCUT2D eigenvalue weighted by Crippen LogP contribution is -2.08. The smallest absolute Gasteiger partial charge is 0.310 e. The Morgan fingerprint density at radius 2 is 2.00 bits per heavy atom. The lowest BCUT2D eigenvalue weighted by atomic mass is 10.1. The lowest BCUT2D eigenvalue weighted by Gasteiger charge is -2.11. The van der Waals surface area contributed by atoms with E-state index in [9.17, 15) is 4.79 Å². The number of hydrogen-bond acceptors (Lipinski definition) is 5. The highest BCUT2D eigenvalue weighted by Crippen LogP contribution is 2.29. The van der Waals surface area contributed by atoms with E-state index in [0.717, 1.165) is 0 Å². The fraction of sp³-hybridized carbons (Fsp3) is 0.300. The Kier molecular flexibility index (Phi) is 3.38. The molecule has 0 saturated heterocycles. The normalized spacial score (nSPS) is 9.73. The first-order chi connectivity index (χ1) is 7.08. The highest BCUT2D eigenvalue weighted by Gasteiger charge is 2.12. The van der Waals surface area contributed by atoms with Crippen LogP contribution in [0.3, 0.4) is 0 Å². The summed E-state index contributed by atoms with van der Waals surface area (Å²) in [6, 6.07) is 3.23. The lowest BCUT2D eigenvalue weighted by molar-refractivity contribution is -0.139. The van der Waals surface area contributed by atoms with E-state index in [1.54, 1.807) is 12.1 Å². The van der Waals surface area contributed by atoms with Gasteiger partial charge in [-0.2, -0.15) is 0 Å². The van der Waals surface area contributed by atoms with Crippen molar-refractivity contribution in [2.75, 3.05) is 25.7 Å². The van der Waals surface area contributed by atoms with E-state index in [4.69, 9.17) is 16.2 Å². The van der Waals surface area contributed by atoms with E-state index in [1.165, 1.54) is 14.2 Å². The van der Waals surface area contributed by atoms with Crippen LogP contribution in [0.4, 0.5) is 11.4 Å². The van der Waals surface area contributed by atoms with Crippen LogP contribution in [0.25, 0.3) is 0 Å². The van der Waals surface area contributed by atoms with Crippen molar-refractivity contribution in [3.8, 4) is 5.75 Å². The van der Waals surface area contributed by atoms with Gasteiger partial charge >= 0.3 is 5.97 Å². The van der Waals surface area contributed by atoms with Crippen molar-refractivity contribution < 1.29 is 14.3 Å². The molecule has 0 spiro atoms. The summed E-state index contributed by atoms with van der Waals surface area (Å²) in [5, 5.41) is 0. The zero-order valence-corrected chi connectivity index (χ0v) is 8.74. The topological polar surface area (TPSA) is 87.6 Å². The molecule has 1 aromatic carbocycles. The molecular weight excluding hydrogens is 196 g/mol. The minimum atomic E-state index is -0.363. The van der Waals surface area contributed by atoms with Crippen LogP contribution in [0.5, 0.6) is 5.75 Å². The molecule has 0 amide bonds. The summed E-state index contributed by atoms with van der Waals surface area (Å²) in [7, 11) is 2.81. The van der Waals surface area contributed by atoms with Crippen LogP contribution in [0.1, 0.15) is 5.56 Å². The van der Waals surface area contributed by atoms with Gasteiger partial charge in [0.15, 0.2) is 0 Å². The Labute approximate surface area is 88.0 Å². The predicted octanol–water partition coefficient (Wildman–Crippen LogP) is 0.575. The average Bonchev–Trinajstić information content (AvgIpc) is 2.17. The number of benzene rings is 1. The van der Waals surface area contributed by atoms with Gasteiger partial charge in [0.05, 0.1) is 26.3 Å². The van der Waals surface area contributed by atoms with Gasteiger partial charge in [0.2, 0.25) is 0 Å². The Bertz CT molecular complexity index is 377. The number of esters is 1. The number of carbonyl (C=O) groups excluding carboxylic acids is 1. The van der Waals surface area contributed by atoms with Gasteiger partial charge in [-0.05, 0) is 12.1 Å². The van der Waals surface area contributed by atoms with Crippen molar-refractivity contribution in [3.63, 3.8) is 0 Å². The molecule has 0 aliphatic heterocycles. The number of carbonyl (C=O) groups is 1. The fourth-order valence-electron chi connectivity index (χ4n) is 1.35. The number of ether oxygens (including phenoxy) is 2. The minimum absolute atomic E-state index is 0.0922. The van der Waals surface area contributed by atoms with Crippen LogP contribution in [-0.2, 0) is 16.0 Å². The molecule has 0 bridgehead atoms. The second kappa shape index (κ2) is 4.54. The third-order valence-corrected chi connectivity index (χ3v) is 1.98. The van der Waals surface area contributed by atoms with Crippen LogP contribution in [0.2, 0.25) is 0 Å². The molecule has 0 unspecified atom stereocenters. The molecule has 1 aromatic rings. The molecule has 0 aromatic heterocycles. The number of nitrogens with two attached hydrogens (primary N) is 2. The van der Waals surface area contributed by atoms with Crippen molar-refractivity contribution in [1.82, 2.24) is 0 Å². The molecule has 5 heteroatoms. The average molecular weight is 210 g/mol. The molecule has 0 saturated carbocycles. The van der Waals surface area contributed by atoms with Gasteiger partial charge in [0.1, 0.15) is 5.75 Å². The van der Waals surface area contributed by atoms with Crippen molar-refractivity contribution >= 4 is 17.3 Å². The van der Waals surface area contributed by atoms with Gasteiger partial charge in [-0.15, -0.1) is 0 Å². The first-order valence-electron chi connectivity index (χ1n) is 4.37. The van der Waals surface area contributed by atoms with Gasteiger partial charge < -0.3 is 20.9 Å². The van der Waals surface area contributed by atoms with Gasteiger partial charge in [-0.1, -0.05) is 0 Å². The van der Waals surface area contributed by atoms with E-state index >= 15 is 0 Å². The first-order valence-corrected chi connectivity index (χ1v) is 4.37. The molecule has 0 aliphatic rings. The number of anilines is 2. The van der Waals surface area contributed by atoms with Gasteiger partial charge in [-0.25, -0.2) is 0 Å². The van der Waals surface area contributed by atoms with E-state index in [0.29, 0.717) is 22.7 Å². The minimum Gasteiger partial charge on any atom is -0.494 e. The molecule has 15 heavy (non-hydrogen) atoms. The predicted molar refractivity (Wildman–Crippen MR) is 57.5 cm³/mol. The van der Waals surface area contributed by atoms with Crippen LogP contribution >= 0.6 is 0 Å². The zero-order chi connectivity index (χ0) is 11.4. The molecule has 82 valence electrons. The largest absolute Gasteiger partial charge is 0.494 e. The van der Waals surface area contributed by atoms with Crippen LogP contribution in [-0.4, -0.2) is 20.2 Å². The van der Waals surface area contributed by atoms with Crippen molar-refractivity contribution in [2.24, 2.45) is 0 Å². The maximum Gasteiger partial charge on any atom is 0.310 e. The van der Waals surface area contributed by atoms with Gasteiger partial charge in [0.25, 0.3) is 0 Å². The van der Waals surface area contributed by atoms with E-state index in [1.807, 2.05) is 0 Å². The summed E-state index contributed by atoms with van der Waals surface area (Å²) in [5.41, 5.74) is 12.8. The van der Waals surface area contributed by atoms with Crippen molar-refractivity contribution in [2.45, 2.75) is 6.42 Å². The zero-order valence-electron chi connectivity index (χ0n) is 8.74. The van der Waals surface area contributed by atoms with Crippen molar-refractivity contribution in [3.05, 3.63) is 17.7 Å². The Hall–Kier alpha value is -1.91.